The smallest absolute Gasteiger partial charge is 0.382 e. The molecule has 1 fully saturated rings. The van der Waals surface area contributed by atoms with Gasteiger partial charge in [-0.15, -0.1) is 0 Å². The fourth-order valence-electron chi connectivity index (χ4n) is 4.00. The van der Waals surface area contributed by atoms with E-state index in [0.717, 1.165) is 24.6 Å². The summed E-state index contributed by atoms with van der Waals surface area (Å²) in [4.78, 5) is 16.0. The van der Waals surface area contributed by atoms with Gasteiger partial charge in [0.2, 0.25) is 5.91 Å². The predicted octanol–water partition coefficient (Wildman–Crippen LogP) is 5.29. The van der Waals surface area contributed by atoms with Crippen molar-refractivity contribution in [3.05, 3.63) is 52.5 Å². The van der Waals surface area contributed by atoms with Crippen molar-refractivity contribution in [2.75, 3.05) is 5.32 Å². The number of nitrogens with zero attached hydrogens (tertiary/aromatic N) is 2. The van der Waals surface area contributed by atoms with E-state index < -0.39 is 11.9 Å². The Kier molecular flexibility index (Phi) is 6.28. The second-order valence-electron chi connectivity index (χ2n) is 8.09. The molecule has 170 valence electrons. The SMILES string of the molecule is Cc1cc(CC(=O)NC2CCC(Nc3cc(C(F)(F)F)nc4ccc(Cl)cc34)CC2)on1. The van der Waals surface area contributed by atoms with Crippen molar-refractivity contribution in [3.63, 3.8) is 0 Å². The average molecular weight is 467 g/mol. The summed E-state index contributed by atoms with van der Waals surface area (Å²) in [5.74, 6) is 0.376. The zero-order chi connectivity index (χ0) is 22.9. The number of carbonyl (C=O) groups excluding carboxylic acids is 1. The van der Waals surface area contributed by atoms with E-state index in [2.05, 4.69) is 20.8 Å². The van der Waals surface area contributed by atoms with E-state index in [4.69, 9.17) is 16.1 Å². The molecule has 2 aromatic heterocycles. The molecule has 0 atom stereocenters. The average Bonchev–Trinajstić information content (AvgIpc) is 3.13. The van der Waals surface area contributed by atoms with Gasteiger partial charge in [-0.1, -0.05) is 16.8 Å². The lowest BCUT2D eigenvalue weighted by molar-refractivity contribution is -0.140. The van der Waals surface area contributed by atoms with Crippen molar-refractivity contribution in [3.8, 4) is 0 Å². The van der Waals surface area contributed by atoms with E-state index in [1.54, 1.807) is 19.1 Å². The quantitative estimate of drug-likeness (QED) is 0.534. The molecule has 3 aromatic rings. The van der Waals surface area contributed by atoms with Crippen LogP contribution in [0.5, 0.6) is 0 Å². The van der Waals surface area contributed by atoms with Crippen molar-refractivity contribution in [1.29, 1.82) is 0 Å². The summed E-state index contributed by atoms with van der Waals surface area (Å²) in [6.45, 7) is 1.79. The molecule has 0 bridgehead atoms. The number of pyridine rings is 1. The van der Waals surface area contributed by atoms with Crippen LogP contribution in [0.2, 0.25) is 5.02 Å². The molecule has 10 heteroatoms. The molecule has 0 spiro atoms. The van der Waals surface area contributed by atoms with Crippen LogP contribution in [0.1, 0.15) is 42.8 Å². The van der Waals surface area contributed by atoms with Gasteiger partial charge in [0.1, 0.15) is 11.5 Å². The summed E-state index contributed by atoms with van der Waals surface area (Å²) >= 11 is 6.06. The minimum Gasteiger partial charge on any atom is -0.382 e. The van der Waals surface area contributed by atoms with Gasteiger partial charge >= 0.3 is 6.18 Å². The number of nitrogens with one attached hydrogen (secondary N) is 2. The molecule has 4 rings (SSSR count). The van der Waals surface area contributed by atoms with Crippen molar-refractivity contribution >= 4 is 34.1 Å². The van der Waals surface area contributed by atoms with Gasteiger partial charge in [-0.25, -0.2) is 4.98 Å². The molecule has 6 nitrogen and oxygen atoms in total. The first-order valence-electron chi connectivity index (χ1n) is 10.3. The standard InChI is InChI=1S/C22H22ClF3N4O2/c1-12-8-16(32-30-12)10-21(31)28-15-5-3-14(4-6-15)27-19-11-20(22(24,25)26)29-18-7-2-13(23)9-17(18)19/h2,7-9,11,14-15H,3-6,10H2,1H3,(H,27,29)(H,28,31). The van der Waals surface area contributed by atoms with Gasteiger partial charge in [0.15, 0.2) is 0 Å². The van der Waals surface area contributed by atoms with Crippen LogP contribution >= 0.6 is 11.6 Å². The number of rotatable bonds is 5. The highest BCUT2D eigenvalue weighted by Gasteiger charge is 2.34. The third kappa shape index (κ3) is 5.32. The monoisotopic (exact) mass is 466 g/mol. The van der Waals surface area contributed by atoms with Crippen LogP contribution in [-0.4, -0.2) is 28.1 Å². The van der Waals surface area contributed by atoms with Crippen molar-refractivity contribution in [1.82, 2.24) is 15.5 Å². The molecule has 0 saturated heterocycles. The Morgan fingerprint density at radius 3 is 2.53 bits per heavy atom. The summed E-state index contributed by atoms with van der Waals surface area (Å²) < 4.78 is 45.0. The summed E-state index contributed by atoms with van der Waals surface area (Å²) in [5, 5.41) is 11.0. The maximum absolute atomic E-state index is 13.3. The van der Waals surface area contributed by atoms with Crippen LogP contribution in [0.15, 0.2) is 34.9 Å². The number of anilines is 1. The van der Waals surface area contributed by atoms with Crippen LogP contribution in [0.3, 0.4) is 0 Å². The lowest BCUT2D eigenvalue weighted by atomic mass is 9.90. The maximum Gasteiger partial charge on any atom is 0.433 e. The van der Waals surface area contributed by atoms with E-state index in [9.17, 15) is 18.0 Å². The van der Waals surface area contributed by atoms with Crippen LogP contribution in [0, 0.1) is 6.92 Å². The zero-order valence-electron chi connectivity index (χ0n) is 17.3. The molecule has 1 aliphatic carbocycles. The van der Waals surface area contributed by atoms with Gasteiger partial charge in [-0.05, 0) is 56.9 Å². The number of aromatic nitrogens is 2. The number of aryl methyl sites for hydroxylation is 1. The summed E-state index contributed by atoms with van der Waals surface area (Å²) in [6, 6.07) is 7.37. The second kappa shape index (κ2) is 8.97. The number of carbonyl (C=O) groups is 1. The van der Waals surface area contributed by atoms with E-state index in [-0.39, 0.29) is 29.9 Å². The summed E-state index contributed by atoms with van der Waals surface area (Å²) in [5.41, 5.74) is 0.365. The topological polar surface area (TPSA) is 80.0 Å². The molecular formula is C22H22ClF3N4O2. The Balaban J connectivity index is 1.40. The van der Waals surface area contributed by atoms with Crippen LogP contribution in [-0.2, 0) is 17.4 Å². The number of hydrogen-bond acceptors (Lipinski definition) is 5. The Hall–Kier alpha value is -2.81. The Morgan fingerprint density at radius 2 is 1.88 bits per heavy atom. The Labute approximate surface area is 187 Å². The Bertz CT molecular complexity index is 1120. The van der Waals surface area contributed by atoms with Gasteiger partial charge in [-0.3, -0.25) is 4.79 Å². The maximum atomic E-state index is 13.3. The Morgan fingerprint density at radius 1 is 1.16 bits per heavy atom. The van der Waals surface area contributed by atoms with E-state index >= 15 is 0 Å². The lowest BCUT2D eigenvalue weighted by Gasteiger charge is -2.30. The van der Waals surface area contributed by atoms with Gasteiger partial charge < -0.3 is 15.2 Å². The van der Waals surface area contributed by atoms with Crippen molar-refractivity contribution in [2.24, 2.45) is 0 Å². The van der Waals surface area contributed by atoms with Crippen LogP contribution < -0.4 is 10.6 Å². The molecule has 1 amide bonds. The highest BCUT2D eigenvalue weighted by molar-refractivity contribution is 6.31. The molecule has 2 heterocycles. The first kappa shape index (κ1) is 22.4. The number of halogens is 4. The number of hydrogen-bond donors (Lipinski definition) is 2. The highest BCUT2D eigenvalue weighted by Crippen LogP contribution is 2.35. The largest absolute Gasteiger partial charge is 0.433 e. The minimum atomic E-state index is -4.55. The summed E-state index contributed by atoms with van der Waals surface area (Å²) in [6.07, 6.45) is -1.57. The summed E-state index contributed by atoms with van der Waals surface area (Å²) in [7, 11) is 0. The van der Waals surface area contributed by atoms with Gasteiger partial charge in [0, 0.05) is 34.2 Å². The molecule has 0 aliphatic heterocycles. The fourth-order valence-corrected chi connectivity index (χ4v) is 4.17. The van der Waals surface area contributed by atoms with Crippen LogP contribution in [0.4, 0.5) is 18.9 Å². The third-order valence-corrected chi connectivity index (χ3v) is 5.76. The molecular weight excluding hydrogens is 445 g/mol. The molecule has 1 aromatic carbocycles. The number of amides is 1. The van der Waals surface area contributed by atoms with Crippen LogP contribution in [0.25, 0.3) is 10.9 Å². The first-order valence-corrected chi connectivity index (χ1v) is 10.7. The number of benzene rings is 1. The normalized spacial score (nSPS) is 19.2. The third-order valence-electron chi connectivity index (χ3n) is 5.52. The molecule has 2 N–H and O–H groups in total. The lowest BCUT2D eigenvalue weighted by Crippen LogP contribution is -2.40. The highest BCUT2D eigenvalue weighted by atomic mass is 35.5. The fraction of sp³-hybridized carbons (Fsp3) is 0.409. The second-order valence-corrected chi connectivity index (χ2v) is 8.52. The molecule has 0 radical (unpaired) electrons. The predicted molar refractivity (Wildman–Crippen MR) is 115 cm³/mol. The molecule has 1 saturated carbocycles. The first-order chi connectivity index (χ1) is 15.2. The van der Waals surface area contributed by atoms with Gasteiger partial charge in [-0.2, -0.15) is 13.2 Å². The van der Waals surface area contributed by atoms with Crippen molar-refractivity contribution < 1.29 is 22.5 Å². The number of fused-ring (bicyclic) bond motifs is 1. The van der Waals surface area contributed by atoms with E-state index in [1.807, 2.05) is 0 Å². The minimum absolute atomic E-state index is 0.0129. The zero-order valence-corrected chi connectivity index (χ0v) is 18.1. The van der Waals surface area contributed by atoms with Gasteiger partial charge in [0.05, 0.1) is 17.6 Å². The van der Waals surface area contributed by atoms with E-state index in [1.165, 1.54) is 12.1 Å². The van der Waals surface area contributed by atoms with Crippen molar-refractivity contribution in [2.45, 2.75) is 57.3 Å². The van der Waals surface area contributed by atoms with Gasteiger partial charge in [0.25, 0.3) is 0 Å². The van der Waals surface area contributed by atoms with E-state index in [0.29, 0.717) is 34.7 Å². The molecule has 32 heavy (non-hydrogen) atoms. The molecule has 1 aliphatic rings. The number of alkyl halides is 3. The molecule has 0 unspecified atom stereocenters.